The third kappa shape index (κ3) is 6.88. The van der Waals surface area contributed by atoms with Gasteiger partial charge in [-0.2, -0.15) is 5.10 Å². The summed E-state index contributed by atoms with van der Waals surface area (Å²) in [5.41, 5.74) is 6.26. The molecule has 0 radical (unpaired) electrons. The number of rotatable bonds is 8. The van der Waals surface area contributed by atoms with Crippen molar-refractivity contribution in [2.45, 2.75) is 13.5 Å². The van der Waals surface area contributed by atoms with Gasteiger partial charge in [0.25, 0.3) is 5.91 Å². The van der Waals surface area contributed by atoms with E-state index in [1.54, 1.807) is 60.7 Å². The van der Waals surface area contributed by atoms with Crippen molar-refractivity contribution in [3.8, 4) is 11.5 Å². The van der Waals surface area contributed by atoms with Gasteiger partial charge in [0, 0.05) is 5.56 Å². The Balaban J connectivity index is 1.26. The first-order valence-corrected chi connectivity index (χ1v) is 11.1. The number of nitrogens with zero attached hydrogens (tertiary/aromatic N) is 1. The van der Waals surface area contributed by atoms with Crippen LogP contribution in [0.5, 0.6) is 11.5 Å². The van der Waals surface area contributed by atoms with Crippen molar-refractivity contribution >= 4 is 18.1 Å². The molecule has 6 nitrogen and oxygen atoms in total. The summed E-state index contributed by atoms with van der Waals surface area (Å²) in [5.74, 6) is 0.350. The van der Waals surface area contributed by atoms with Gasteiger partial charge in [0.2, 0.25) is 0 Å². The number of ether oxygens (including phenoxy) is 2. The quantitative estimate of drug-likeness (QED) is 0.160. The van der Waals surface area contributed by atoms with Crippen LogP contribution in [0.25, 0.3) is 0 Å². The van der Waals surface area contributed by atoms with Gasteiger partial charge in [0.1, 0.15) is 18.1 Å². The van der Waals surface area contributed by atoms with Crippen molar-refractivity contribution in [1.29, 1.82) is 0 Å². The van der Waals surface area contributed by atoms with E-state index >= 15 is 0 Å². The number of amides is 1. The average Bonchev–Trinajstić information content (AvgIpc) is 2.89. The summed E-state index contributed by atoms with van der Waals surface area (Å²) >= 11 is 0. The van der Waals surface area contributed by atoms with E-state index in [9.17, 15) is 9.59 Å². The molecule has 0 unspecified atom stereocenters. The molecule has 0 aliphatic heterocycles. The minimum absolute atomic E-state index is 0.334. The number of aryl methyl sites for hydroxylation is 1. The van der Waals surface area contributed by atoms with Gasteiger partial charge in [0.15, 0.2) is 0 Å². The van der Waals surface area contributed by atoms with Crippen molar-refractivity contribution in [2.24, 2.45) is 5.10 Å². The van der Waals surface area contributed by atoms with Crippen LogP contribution in [0.2, 0.25) is 0 Å². The highest BCUT2D eigenvalue weighted by Crippen LogP contribution is 2.16. The van der Waals surface area contributed by atoms with Crippen molar-refractivity contribution in [2.75, 3.05) is 0 Å². The second kappa shape index (κ2) is 11.4. The van der Waals surface area contributed by atoms with Crippen LogP contribution in [0.4, 0.5) is 0 Å². The summed E-state index contributed by atoms with van der Waals surface area (Å²) in [6.45, 7) is 2.38. The Kier molecular flexibility index (Phi) is 7.66. The van der Waals surface area contributed by atoms with Crippen LogP contribution in [-0.4, -0.2) is 18.1 Å². The monoisotopic (exact) mass is 464 g/mol. The predicted octanol–water partition coefficient (Wildman–Crippen LogP) is 5.56. The van der Waals surface area contributed by atoms with E-state index in [-0.39, 0.29) is 5.91 Å². The maximum Gasteiger partial charge on any atom is 0.343 e. The van der Waals surface area contributed by atoms with Gasteiger partial charge < -0.3 is 9.47 Å². The molecule has 0 aliphatic carbocycles. The molecule has 0 bridgehead atoms. The number of carbonyl (C=O) groups excluding carboxylic acids is 2. The molecule has 0 atom stereocenters. The molecule has 4 aromatic rings. The van der Waals surface area contributed by atoms with E-state index in [1.165, 1.54) is 6.21 Å². The third-order valence-electron chi connectivity index (χ3n) is 5.09. The molecule has 0 aromatic heterocycles. The first-order chi connectivity index (χ1) is 17.1. The molecule has 0 aliphatic rings. The Hall–Kier alpha value is -4.71. The maximum absolute atomic E-state index is 12.3. The number of esters is 1. The van der Waals surface area contributed by atoms with Crippen LogP contribution in [0.15, 0.2) is 108 Å². The van der Waals surface area contributed by atoms with Gasteiger partial charge >= 0.3 is 5.97 Å². The first kappa shape index (κ1) is 23.4. The van der Waals surface area contributed by atoms with E-state index in [2.05, 4.69) is 10.5 Å². The summed E-state index contributed by atoms with van der Waals surface area (Å²) in [5, 5.41) is 4.00. The summed E-state index contributed by atoms with van der Waals surface area (Å²) in [4.78, 5) is 24.6. The Morgan fingerprint density at radius 2 is 1.51 bits per heavy atom. The zero-order chi connectivity index (χ0) is 24.5. The molecule has 0 spiro atoms. The van der Waals surface area contributed by atoms with E-state index in [0.29, 0.717) is 29.2 Å². The summed E-state index contributed by atoms with van der Waals surface area (Å²) in [6, 6.07) is 30.8. The van der Waals surface area contributed by atoms with Crippen molar-refractivity contribution < 1.29 is 19.1 Å². The Morgan fingerprint density at radius 1 is 0.800 bits per heavy atom. The van der Waals surface area contributed by atoms with Gasteiger partial charge in [-0.3, -0.25) is 4.79 Å². The van der Waals surface area contributed by atoms with Crippen LogP contribution >= 0.6 is 0 Å². The smallest absolute Gasteiger partial charge is 0.343 e. The lowest BCUT2D eigenvalue weighted by Crippen LogP contribution is -2.17. The highest BCUT2D eigenvalue weighted by Gasteiger charge is 2.08. The molecule has 4 aromatic carbocycles. The maximum atomic E-state index is 12.3. The highest BCUT2D eigenvalue weighted by molar-refractivity contribution is 5.95. The zero-order valence-electron chi connectivity index (χ0n) is 19.2. The normalized spacial score (nSPS) is 10.7. The Bertz CT molecular complexity index is 1320. The van der Waals surface area contributed by atoms with Gasteiger partial charge in [-0.15, -0.1) is 0 Å². The van der Waals surface area contributed by atoms with Gasteiger partial charge in [-0.25, -0.2) is 10.2 Å². The second-order valence-electron chi connectivity index (χ2n) is 7.83. The standard InChI is InChI=1S/C29H24N2O4/c1-21-6-5-9-25(18-21)29(33)35-27-14-10-22(11-15-27)19-30-31-28(32)24-12-16-26(17-13-24)34-20-23-7-3-2-4-8-23/h2-19H,20H2,1H3,(H,31,32)/b30-19-. The molecule has 0 heterocycles. The molecule has 1 N–H and O–H groups in total. The second-order valence-corrected chi connectivity index (χ2v) is 7.83. The number of benzene rings is 4. The fraction of sp³-hybridized carbons (Fsp3) is 0.0690. The molecule has 0 saturated carbocycles. The largest absolute Gasteiger partial charge is 0.489 e. The number of hydrogen-bond donors (Lipinski definition) is 1. The van der Waals surface area contributed by atoms with E-state index in [4.69, 9.17) is 9.47 Å². The van der Waals surface area contributed by atoms with E-state index in [1.807, 2.05) is 49.4 Å². The Labute approximate surface area is 203 Å². The lowest BCUT2D eigenvalue weighted by molar-refractivity contribution is 0.0734. The molecular weight excluding hydrogens is 440 g/mol. The minimum Gasteiger partial charge on any atom is -0.489 e. The van der Waals surface area contributed by atoms with Crippen molar-refractivity contribution in [3.05, 3.63) is 131 Å². The molecule has 6 heteroatoms. The topological polar surface area (TPSA) is 77.0 Å². The minimum atomic E-state index is -0.418. The lowest BCUT2D eigenvalue weighted by atomic mass is 10.1. The first-order valence-electron chi connectivity index (χ1n) is 11.1. The molecular formula is C29H24N2O4. The van der Waals surface area contributed by atoms with Crippen LogP contribution < -0.4 is 14.9 Å². The van der Waals surface area contributed by atoms with Crippen LogP contribution in [0, 0.1) is 6.92 Å². The number of carbonyl (C=O) groups is 2. The van der Waals surface area contributed by atoms with Gasteiger partial charge in [0.05, 0.1) is 11.8 Å². The fourth-order valence-electron chi connectivity index (χ4n) is 3.23. The number of hydrazone groups is 1. The third-order valence-corrected chi connectivity index (χ3v) is 5.09. The summed E-state index contributed by atoms with van der Waals surface area (Å²) in [7, 11) is 0. The van der Waals surface area contributed by atoms with Gasteiger partial charge in [-0.1, -0.05) is 48.0 Å². The van der Waals surface area contributed by atoms with E-state index in [0.717, 1.165) is 16.7 Å². The summed E-state index contributed by atoms with van der Waals surface area (Å²) < 4.78 is 11.1. The summed E-state index contributed by atoms with van der Waals surface area (Å²) in [6.07, 6.45) is 1.52. The van der Waals surface area contributed by atoms with E-state index < -0.39 is 5.97 Å². The molecule has 174 valence electrons. The SMILES string of the molecule is Cc1cccc(C(=O)Oc2ccc(/C=N\NC(=O)c3ccc(OCc4ccccc4)cc3)cc2)c1. The molecule has 4 rings (SSSR count). The van der Waals surface area contributed by atoms with Crippen LogP contribution in [0.1, 0.15) is 37.4 Å². The number of hydrogen-bond acceptors (Lipinski definition) is 5. The van der Waals surface area contributed by atoms with Gasteiger partial charge in [-0.05, 0) is 78.7 Å². The molecule has 0 saturated heterocycles. The van der Waals surface area contributed by atoms with Crippen LogP contribution in [-0.2, 0) is 6.61 Å². The van der Waals surface area contributed by atoms with Crippen molar-refractivity contribution in [3.63, 3.8) is 0 Å². The van der Waals surface area contributed by atoms with Crippen molar-refractivity contribution in [1.82, 2.24) is 5.43 Å². The molecule has 35 heavy (non-hydrogen) atoms. The predicted molar refractivity (Wildman–Crippen MR) is 135 cm³/mol. The number of nitrogens with one attached hydrogen (secondary N) is 1. The van der Waals surface area contributed by atoms with Crippen LogP contribution in [0.3, 0.4) is 0 Å². The lowest BCUT2D eigenvalue weighted by Gasteiger charge is -2.07. The Morgan fingerprint density at radius 3 is 2.23 bits per heavy atom. The fourth-order valence-corrected chi connectivity index (χ4v) is 3.23. The highest BCUT2D eigenvalue weighted by atomic mass is 16.5. The average molecular weight is 465 g/mol. The molecule has 0 fully saturated rings. The zero-order valence-corrected chi connectivity index (χ0v) is 19.2. The molecule has 1 amide bonds.